The zero-order chi connectivity index (χ0) is 20.3. The van der Waals surface area contributed by atoms with Crippen molar-refractivity contribution in [3.05, 3.63) is 33.9 Å². The van der Waals surface area contributed by atoms with E-state index in [0.717, 1.165) is 38.5 Å². The zero-order valence-corrected chi connectivity index (χ0v) is 16.3. The lowest BCUT2D eigenvalue weighted by molar-refractivity contribution is -0.384. The lowest BCUT2D eigenvalue weighted by Gasteiger charge is -2.33. The van der Waals surface area contributed by atoms with Gasteiger partial charge < -0.3 is 15.0 Å². The quantitative estimate of drug-likeness (QED) is 0.436. The van der Waals surface area contributed by atoms with E-state index >= 15 is 0 Å². The molecule has 8 heteroatoms. The highest BCUT2D eigenvalue weighted by atomic mass is 16.6. The number of amides is 1. The van der Waals surface area contributed by atoms with Gasteiger partial charge in [-0.15, -0.1) is 0 Å². The maximum atomic E-state index is 12.3. The molecule has 0 spiro atoms. The first-order chi connectivity index (χ1) is 13.3. The summed E-state index contributed by atoms with van der Waals surface area (Å²) >= 11 is 0. The Bertz CT molecular complexity index is 754. The first-order valence-corrected chi connectivity index (χ1v) is 9.83. The number of anilines is 1. The van der Waals surface area contributed by atoms with Crippen LogP contribution >= 0.6 is 0 Å². The number of nitro benzene ring substituents is 1. The summed E-state index contributed by atoms with van der Waals surface area (Å²) < 4.78 is 5.12. The molecule has 0 radical (unpaired) electrons. The largest absolute Gasteiger partial charge is 0.452 e. The highest BCUT2D eigenvalue weighted by molar-refractivity contribution is 5.93. The smallest absolute Gasteiger partial charge is 0.338 e. The van der Waals surface area contributed by atoms with E-state index in [0.29, 0.717) is 11.6 Å². The summed E-state index contributed by atoms with van der Waals surface area (Å²) in [5.41, 5.74) is 0.294. The van der Waals surface area contributed by atoms with Crippen LogP contribution in [0.3, 0.4) is 0 Å². The van der Waals surface area contributed by atoms with E-state index in [9.17, 15) is 19.7 Å². The van der Waals surface area contributed by atoms with Gasteiger partial charge in [0.2, 0.25) is 0 Å². The van der Waals surface area contributed by atoms with Crippen LogP contribution in [0, 0.1) is 16.0 Å². The minimum absolute atomic E-state index is 0.0648. The van der Waals surface area contributed by atoms with Gasteiger partial charge in [0.05, 0.1) is 10.5 Å². The molecule has 0 atom stereocenters. The molecule has 152 valence electrons. The second-order valence-corrected chi connectivity index (χ2v) is 7.90. The van der Waals surface area contributed by atoms with Gasteiger partial charge in [0.25, 0.3) is 11.6 Å². The number of nitrogens with one attached hydrogen (secondary N) is 1. The number of hydrogen-bond acceptors (Lipinski definition) is 6. The number of nitrogens with zero attached hydrogens (tertiary/aromatic N) is 2. The Balaban J connectivity index is 1.57. The summed E-state index contributed by atoms with van der Waals surface area (Å²) in [5, 5.41) is 14.4. The monoisotopic (exact) mass is 389 g/mol. The van der Waals surface area contributed by atoms with Crippen LogP contribution in [0.5, 0.6) is 0 Å². The highest BCUT2D eigenvalue weighted by Crippen LogP contribution is 2.31. The van der Waals surface area contributed by atoms with E-state index in [1.54, 1.807) is 11.9 Å². The maximum Gasteiger partial charge on any atom is 0.338 e. The van der Waals surface area contributed by atoms with E-state index in [-0.39, 0.29) is 35.8 Å². The molecule has 2 saturated carbocycles. The summed E-state index contributed by atoms with van der Waals surface area (Å²) in [6, 6.07) is 4.63. The van der Waals surface area contributed by atoms with Crippen molar-refractivity contribution in [1.29, 1.82) is 0 Å². The van der Waals surface area contributed by atoms with Gasteiger partial charge in [-0.25, -0.2) is 4.79 Å². The number of nitro groups is 1. The van der Waals surface area contributed by atoms with Crippen LogP contribution in [0.4, 0.5) is 11.4 Å². The normalized spacial score (nSPS) is 21.6. The molecule has 0 heterocycles. The minimum atomic E-state index is -0.736. The molecule has 8 nitrogen and oxygen atoms in total. The van der Waals surface area contributed by atoms with Crippen molar-refractivity contribution in [3.63, 3.8) is 0 Å². The molecular formula is C20H27N3O5. The molecular weight excluding hydrogens is 362 g/mol. The first kappa shape index (κ1) is 20.1. The van der Waals surface area contributed by atoms with E-state index < -0.39 is 10.9 Å². The highest BCUT2D eigenvalue weighted by Gasteiger charge is 2.27. The van der Waals surface area contributed by atoms with Gasteiger partial charge in [-0.3, -0.25) is 14.9 Å². The van der Waals surface area contributed by atoms with E-state index in [1.807, 2.05) is 0 Å². The Labute approximate surface area is 164 Å². The number of ether oxygens (including phenoxy) is 1. The Morgan fingerprint density at radius 1 is 1.21 bits per heavy atom. The molecule has 3 rings (SSSR count). The minimum Gasteiger partial charge on any atom is -0.452 e. The van der Waals surface area contributed by atoms with Gasteiger partial charge in [0.1, 0.15) is 5.69 Å². The van der Waals surface area contributed by atoms with Crippen LogP contribution in [0.15, 0.2) is 18.2 Å². The predicted octanol–water partition coefficient (Wildman–Crippen LogP) is 3.36. The summed E-state index contributed by atoms with van der Waals surface area (Å²) in [6.45, 7) is 1.85. The molecule has 1 amide bonds. The molecule has 2 aliphatic rings. The summed E-state index contributed by atoms with van der Waals surface area (Å²) in [6.07, 6.45) is 6.06. The molecule has 2 fully saturated rings. The molecule has 1 aromatic rings. The van der Waals surface area contributed by atoms with Crippen molar-refractivity contribution in [2.75, 3.05) is 19.0 Å². The lowest BCUT2D eigenvalue weighted by atomic mass is 9.87. The number of rotatable bonds is 7. The van der Waals surface area contributed by atoms with Crippen molar-refractivity contribution in [1.82, 2.24) is 4.90 Å². The fourth-order valence-corrected chi connectivity index (χ4v) is 3.53. The van der Waals surface area contributed by atoms with Crippen molar-refractivity contribution < 1.29 is 19.2 Å². The average molecular weight is 389 g/mol. The topological polar surface area (TPSA) is 102 Å². The van der Waals surface area contributed by atoms with E-state index in [4.69, 9.17) is 4.74 Å². The number of hydrogen-bond donors (Lipinski definition) is 1. The fraction of sp³-hybridized carbons (Fsp3) is 0.600. The molecule has 0 unspecified atom stereocenters. The molecule has 1 N–H and O–H groups in total. The molecule has 28 heavy (non-hydrogen) atoms. The number of likely N-dealkylation sites (N-methyl/N-ethyl adjacent to an activating group) is 1. The van der Waals surface area contributed by atoms with Crippen molar-refractivity contribution in [2.24, 2.45) is 5.92 Å². The molecule has 0 aliphatic heterocycles. The lowest BCUT2D eigenvalue weighted by Crippen LogP contribution is -2.41. The van der Waals surface area contributed by atoms with Crippen molar-refractivity contribution in [3.8, 4) is 0 Å². The van der Waals surface area contributed by atoms with E-state index in [1.165, 1.54) is 18.2 Å². The zero-order valence-electron chi connectivity index (χ0n) is 16.3. The molecule has 2 aliphatic carbocycles. The Morgan fingerprint density at radius 3 is 2.50 bits per heavy atom. The van der Waals surface area contributed by atoms with Crippen LogP contribution < -0.4 is 5.32 Å². The van der Waals surface area contributed by atoms with Crippen LogP contribution in [-0.2, 0) is 9.53 Å². The average Bonchev–Trinajstić information content (AvgIpc) is 3.50. The number of benzene rings is 1. The van der Waals surface area contributed by atoms with Gasteiger partial charge in [-0.05, 0) is 56.6 Å². The number of carbonyl (C=O) groups excluding carboxylic acids is 2. The Morgan fingerprint density at radius 2 is 1.89 bits per heavy atom. The van der Waals surface area contributed by atoms with E-state index in [2.05, 4.69) is 12.2 Å². The molecule has 0 aromatic heterocycles. The molecule has 0 saturated heterocycles. The van der Waals surface area contributed by atoms with Crippen LogP contribution in [0.2, 0.25) is 0 Å². The third-order valence-corrected chi connectivity index (χ3v) is 5.62. The van der Waals surface area contributed by atoms with Crippen LogP contribution in [0.25, 0.3) is 0 Å². The van der Waals surface area contributed by atoms with Gasteiger partial charge in [0.15, 0.2) is 6.61 Å². The summed E-state index contributed by atoms with van der Waals surface area (Å²) in [4.78, 5) is 37.1. The van der Waals surface area contributed by atoms with Gasteiger partial charge in [0, 0.05) is 25.2 Å². The van der Waals surface area contributed by atoms with Crippen LogP contribution in [0.1, 0.15) is 55.8 Å². The van der Waals surface area contributed by atoms with Crippen LogP contribution in [-0.4, -0.2) is 47.4 Å². The number of carbonyl (C=O) groups is 2. The van der Waals surface area contributed by atoms with Gasteiger partial charge >= 0.3 is 5.97 Å². The number of esters is 1. The summed E-state index contributed by atoms with van der Waals surface area (Å²) in [5.74, 6) is -0.305. The Hall–Kier alpha value is -2.64. The van der Waals surface area contributed by atoms with Gasteiger partial charge in [-0.1, -0.05) is 6.92 Å². The fourth-order valence-electron chi connectivity index (χ4n) is 3.53. The van der Waals surface area contributed by atoms with Crippen molar-refractivity contribution in [2.45, 2.75) is 57.5 Å². The summed E-state index contributed by atoms with van der Waals surface area (Å²) in [7, 11) is 1.74. The Kier molecular flexibility index (Phi) is 6.16. The maximum absolute atomic E-state index is 12.3. The molecule has 1 aromatic carbocycles. The first-order valence-electron chi connectivity index (χ1n) is 9.83. The SMILES string of the molecule is CC1CCC(N(C)C(=O)COC(=O)c2ccc(NC3CC3)c([N+](=O)[O-])c2)CC1. The van der Waals surface area contributed by atoms with Crippen molar-refractivity contribution >= 4 is 23.3 Å². The predicted molar refractivity (Wildman–Crippen MR) is 104 cm³/mol. The third kappa shape index (κ3) is 4.99. The second-order valence-electron chi connectivity index (χ2n) is 7.90. The van der Waals surface area contributed by atoms with Gasteiger partial charge in [-0.2, -0.15) is 0 Å². The second kappa shape index (κ2) is 8.58. The third-order valence-electron chi connectivity index (χ3n) is 5.62. The standard InChI is InChI=1S/C20H27N3O5/c1-13-3-8-16(9-4-13)22(2)19(24)12-28-20(25)14-5-10-17(21-15-6-7-15)18(11-14)23(26)27/h5,10-11,13,15-16,21H,3-4,6-9,12H2,1-2H3. The molecule has 0 bridgehead atoms.